The molecule has 10 heavy (non-hydrogen) atoms. The third-order valence-corrected chi connectivity index (χ3v) is 1.30. The number of hydrogen-bond acceptors (Lipinski definition) is 0. The molecule has 0 amide bonds. The van der Waals surface area contributed by atoms with Gasteiger partial charge in [-0.15, -0.1) is 13.1 Å². The Labute approximate surface area is 80.5 Å². The fourth-order valence-corrected chi connectivity index (χ4v) is 0.744. The van der Waals surface area contributed by atoms with Gasteiger partial charge in [-0.2, -0.15) is 0 Å². The maximum Gasteiger partial charge on any atom is 0 e. The molecule has 1 radical (unpaired) electrons. The zero-order valence-electron chi connectivity index (χ0n) is 7.14. The van der Waals surface area contributed by atoms with Crippen LogP contribution in [0.25, 0.3) is 5.32 Å². The van der Waals surface area contributed by atoms with Gasteiger partial charge in [0.15, 0.2) is 0 Å². The van der Waals surface area contributed by atoms with Crippen molar-refractivity contribution in [1.82, 2.24) is 0 Å². The average molecular weight is 309 g/mol. The van der Waals surface area contributed by atoms with Gasteiger partial charge in [0.2, 0.25) is 0 Å². The predicted molar refractivity (Wildman–Crippen MR) is 42.9 cm³/mol. The number of hydrogen-bond donors (Lipinski definition) is 0. The molecule has 0 aromatic carbocycles. The van der Waals surface area contributed by atoms with Crippen LogP contribution in [0.1, 0.15) is 39.5 Å². The van der Waals surface area contributed by atoms with E-state index in [-0.39, 0.29) is 22.4 Å². The summed E-state index contributed by atoms with van der Waals surface area (Å²) in [7, 11) is 0. The molecule has 0 atom stereocenters. The van der Waals surface area contributed by atoms with Gasteiger partial charge in [-0.1, -0.05) is 39.5 Å². The molecule has 0 aliphatic heterocycles. The van der Waals surface area contributed by atoms with Crippen molar-refractivity contribution < 1.29 is 22.4 Å². The first kappa shape index (κ1) is 13.3. The van der Waals surface area contributed by atoms with E-state index in [1.165, 1.54) is 25.7 Å². The molecule has 0 N–H and O–H groups in total. The molecular formula is C8H18NTa-. The Morgan fingerprint density at radius 2 is 1.60 bits per heavy atom. The molecule has 2 heteroatoms. The van der Waals surface area contributed by atoms with Crippen molar-refractivity contribution in [2.75, 3.05) is 13.1 Å². The molecule has 0 spiro atoms. The summed E-state index contributed by atoms with van der Waals surface area (Å²) in [5, 5.41) is 4.33. The van der Waals surface area contributed by atoms with E-state index in [1.54, 1.807) is 0 Å². The second-order valence-electron chi connectivity index (χ2n) is 2.38. The summed E-state index contributed by atoms with van der Waals surface area (Å²) in [6.07, 6.45) is 5.14. The summed E-state index contributed by atoms with van der Waals surface area (Å²) in [5.41, 5.74) is 0. The summed E-state index contributed by atoms with van der Waals surface area (Å²) in [5.74, 6) is 0. The minimum absolute atomic E-state index is 0. The van der Waals surface area contributed by atoms with Gasteiger partial charge < -0.3 is 5.32 Å². The Morgan fingerprint density at radius 1 is 0.900 bits per heavy atom. The molecule has 0 bridgehead atoms. The number of unbranched alkanes of at least 4 members (excludes halogenated alkanes) is 2. The van der Waals surface area contributed by atoms with Crippen LogP contribution in [0.5, 0.6) is 0 Å². The summed E-state index contributed by atoms with van der Waals surface area (Å²) < 4.78 is 0. The van der Waals surface area contributed by atoms with Crippen molar-refractivity contribution in [3.05, 3.63) is 5.32 Å². The topological polar surface area (TPSA) is 14.1 Å². The fraction of sp³-hybridized carbons (Fsp3) is 1.00. The molecule has 0 heterocycles. The number of nitrogens with zero attached hydrogens (tertiary/aromatic N) is 1. The summed E-state index contributed by atoms with van der Waals surface area (Å²) in [4.78, 5) is 0. The van der Waals surface area contributed by atoms with Crippen molar-refractivity contribution in [3.63, 3.8) is 0 Å². The van der Waals surface area contributed by atoms with Gasteiger partial charge >= 0.3 is 0 Å². The molecule has 1 nitrogen and oxygen atoms in total. The van der Waals surface area contributed by atoms with E-state index in [2.05, 4.69) is 19.2 Å². The van der Waals surface area contributed by atoms with Crippen LogP contribution in [0.2, 0.25) is 0 Å². The number of rotatable bonds is 6. The molecule has 0 rings (SSSR count). The first-order valence-corrected chi connectivity index (χ1v) is 4.05. The fourth-order valence-electron chi connectivity index (χ4n) is 0.744. The Kier molecular flexibility index (Phi) is 16.5. The van der Waals surface area contributed by atoms with E-state index in [0.29, 0.717) is 0 Å². The van der Waals surface area contributed by atoms with E-state index in [4.69, 9.17) is 0 Å². The predicted octanol–water partition coefficient (Wildman–Crippen LogP) is 2.96. The first-order valence-electron chi connectivity index (χ1n) is 4.05. The van der Waals surface area contributed by atoms with Crippen molar-refractivity contribution in [2.45, 2.75) is 39.5 Å². The van der Waals surface area contributed by atoms with Crippen LogP contribution in [-0.4, -0.2) is 13.1 Å². The van der Waals surface area contributed by atoms with Crippen LogP contribution in [0.3, 0.4) is 0 Å². The van der Waals surface area contributed by atoms with E-state index in [0.717, 1.165) is 13.1 Å². The van der Waals surface area contributed by atoms with E-state index < -0.39 is 0 Å². The van der Waals surface area contributed by atoms with Crippen LogP contribution in [0, 0.1) is 0 Å². The summed E-state index contributed by atoms with van der Waals surface area (Å²) in [6, 6.07) is 0. The Balaban J connectivity index is 0. The largest absolute Gasteiger partial charge is 0.662 e. The summed E-state index contributed by atoms with van der Waals surface area (Å²) >= 11 is 0. The quantitative estimate of drug-likeness (QED) is 0.670. The minimum atomic E-state index is 0. The minimum Gasteiger partial charge on any atom is -0.662 e. The molecule has 61 valence electrons. The molecule has 0 aliphatic rings. The Morgan fingerprint density at radius 3 is 2.10 bits per heavy atom. The van der Waals surface area contributed by atoms with Gasteiger partial charge in [0.05, 0.1) is 0 Å². The van der Waals surface area contributed by atoms with Gasteiger partial charge in [0.1, 0.15) is 0 Å². The molecule has 0 unspecified atom stereocenters. The standard InChI is InChI=1S/C8H18N.Ta/c1-3-5-6-8-9-7-4-2;/h3-8H2,1-2H3;/q-1;. The molecular weight excluding hydrogens is 291 g/mol. The maximum absolute atomic E-state index is 4.33. The van der Waals surface area contributed by atoms with Crippen molar-refractivity contribution in [3.8, 4) is 0 Å². The Hall–Kier alpha value is 0.700. The van der Waals surface area contributed by atoms with E-state index in [9.17, 15) is 0 Å². The van der Waals surface area contributed by atoms with Gasteiger partial charge in [-0.05, 0) is 0 Å². The van der Waals surface area contributed by atoms with Crippen molar-refractivity contribution >= 4 is 0 Å². The first-order chi connectivity index (χ1) is 4.41. The van der Waals surface area contributed by atoms with Crippen LogP contribution >= 0.6 is 0 Å². The van der Waals surface area contributed by atoms with Crippen molar-refractivity contribution in [2.24, 2.45) is 0 Å². The SMILES string of the molecule is CCCCC[N-]CCC.[Ta]. The second kappa shape index (κ2) is 12.4. The van der Waals surface area contributed by atoms with Crippen LogP contribution < -0.4 is 0 Å². The second-order valence-corrected chi connectivity index (χ2v) is 2.38. The molecule has 0 fully saturated rings. The Bertz CT molecular complexity index is 42.5. The van der Waals surface area contributed by atoms with Gasteiger partial charge in [-0.3, -0.25) is 0 Å². The van der Waals surface area contributed by atoms with Crippen molar-refractivity contribution in [1.29, 1.82) is 0 Å². The maximum atomic E-state index is 4.33. The van der Waals surface area contributed by atoms with E-state index >= 15 is 0 Å². The molecule has 0 saturated heterocycles. The zero-order chi connectivity index (χ0) is 6.95. The van der Waals surface area contributed by atoms with Crippen LogP contribution in [0.4, 0.5) is 0 Å². The third kappa shape index (κ3) is 11.5. The van der Waals surface area contributed by atoms with Crippen LogP contribution in [0.15, 0.2) is 0 Å². The molecule has 0 aromatic rings. The molecule has 0 aromatic heterocycles. The normalized spacial score (nSPS) is 9.00. The third-order valence-electron chi connectivity index (χ3n) is 1.30. The smallest absolute Gasteiger partial charge is 0 e. The average Bonchev–Trinajstić information content (AvgIpc) is 1.89. The van der Waals surface area contributed by atoms with Gasteiger partial charge in [0.25, 0.3) is 0 Å². The van der Waals surface area contributed by atoms with Gasteiger partial charge in [0, 0.05) is 22.4 Å². The molecule has 0 saturated carbocycles. The van der Waals surface area contributed by atoms with Gasteiger partial charge in [-0.25, -0.2) is 0 Å². The zero-order valence-corrected chi connectivity index (χ0v) is 10.4. The molecule has 0 aliphatic carbocycles. The monoisotopic (exact) mass is 309 g/mol. The summed E-state index contributed by atoms with van der Waals surface area (Å²) in [6.45, 7) is 6.54. The van der Waals surface area contributed by atoms with Crippen LogP contribution in [-0.2, 0) is 22.4 Å². The van der Waals surface area contributed by atoms with E-state index in [1.807, 2.05) is 0 Å².